The Bertz CT molecular complexity index is 601. The standard InChI is InChI=1S/C15H19BrN4O/c16-13-6-2-1-5-12(13)15-19-18-14(21-15)10-20-7-3-4-11(8-17)9-20/h1-2,5-6,11H,3-4,7-10,17H2. The molecule has 1 aliphatic heterocycles. The molecule has 1 unspecified atom stereocenters. The molecule has 0 spiro atoms. The van der Waals surface area contributed by atoms with Crippen LogP contribution in [0.1, 0.15) is 18.7 Å². The molecular formula is C15H19BrN4O. The molecule has 0 bridgehead atoms. The maximum atomic E-state index is 5.80. The fourth-order valence-electron chi connectivity index (χ4n) is 2.74. The highest BCUT2D eigenvalue weighted by atomic mass is 79.9. The molecule has 3 rings (SSSR count). The fourth-order valence-corrected chi connectivity index (χ4v) is 3.19. The first-order chi connectivity index (χ1) is 10.3. The Kier molecular flexibility index (Phi) is 4.67. The van der Waals surface area contributed by atoms with E-state index in [1.807, 2.05) is 24.3 Å². The second kappa shape index (κ2) is 6.68. The summed E-state index contributed by atoms with van der Waals surface area (Å²) in [5, 5.41) is 8.32. The number of hydrogen-bond acceptors (Lipinski definition) is 5. The quantitative estimate of drug-likeness (QED) is 0.917. The van der Waals surface area contributed by atoms with E-state index in [0.29, 0.717) is 24.2 Å². The van der Waals surface area contributed by atoms with Gasteiger partial charge in [0.25, 0.3) is 0 Å². The van der Waals surface area contributed by atoms with Crippen LogP contribution in [0, 0.1) is 5.92 Å². The van der Waals surface area contributed by atoms with Crippen LogP contribution < -0.4 is 5.73 Å². The topological polar surface area (TPSA) is 68.2 Å². The van der Waals surface area contributed by atoms with Crippen molar-refractivity contribution in [2.75, 3.05) is 19.6 Å². The third-order valence-corrected chi connectivity index (χ3v) is 4.56. The molecule has 1 saturated heterocycles. The average Bonchev–Trinajstić information content (AvgIpc) is 2.96. The van der Waals surface area contributed by atoms with Crippen molar-refractivity contribution in [3.63, 3.8) is 0 Å². The molecule has 1 fully saturated rings. The predicted octanol–water partition coefficient (Wildman–Crippen LogP) is 2.67. The maximum absolute atomic E-state index is 5.80. The second-order valence-corrected chi connectivity index (χ2v) is 6.31. The van der Waals surface area contributed by atoms with Crippen LogP contribution in [0.2, 0.25) is 0 Å². The van der Waals surface area contributed by atoms with Crippen LogP contribution in [0.3, 0.4) is 0 Å². The van der Waals surface area contributed by atoms with Crippen LogP contribution in [-0.4, -0.2) is 34.7 Å². The lowest BCUT2D eigenvalue weighted by molar-refractivity contribution is 0.158. The first-order valence-electron chi connectivity index (χ1n) is 7.26. The van der Waals surface area contributed by atoms with E-state index in [1.54, 1.807) is 0 Å². The summed E-state index contributed by atoms with van der Waals surface area (Å²) < 4.78 is 6.76. The molecular weight excluding hydrogens is 332 g/mol. The molecule has 1 aromatic carbocycles. The second-order valence-electron chi connectivity index (χ2n) is 5.46. The zero-order valence-electron chi connectivity index (χ0n) is 11.8. The van der Waals surface area contributed by atoms with E-state index in [4.69, 9.17) is 10.2 Å². The number of halogens is 1. The predicted molar refractivity (Wildman–Crippen MR) is 84.5 cm³/mol. The summed E-state index contributed by atoms with van der Waals surface area (Å²) in [6.07, 6.45) is 2.41. The van der Waals surface area contributed by atoms with E-state index in [-0.39, 0.29) is 0 Å². The smallest absolute Gasteiger partial charge is 0.248 e. The summed E-state index contributed by atoms with van der Waals surface area (Å²) in [4.78, 5) is 2.35. The van der Waals surface area contributed by atoms with Crippen molar-refractivity contribution < 1.29 is 4.42 Å². The Morgan fingerprint density at radius 1 is 1.33 bits per heavy atom. The maximum Gasteiger partial charge on any atom is 0.248 e. The van der Waals surface area contributed by atoms with Gasteiger partial charge in [-0.25, -0.2) is 0 Å². The van der Waals surface area contributed by atoms with Crippen molar-refractivity contribution in [3.05, 3.63) is 34.6 Å². The van der Waals surface area contributed by atoms with E-state index in [2.05, 4.69) is 31.0 Å². The van der Waals surface area contributed by atoms with E-state index in [0.717, 1.165) is 29.7 Å². The van der Waals surface area contributed by atoms with Crippen molar-refractivity contribution in [1.29, 1.82) is 0 Å². The summed E-state index contributed by atoms with van der Waals surface area (Å²) in [7, 11) is 0. The summed E-state index contributed by atoms with van der Waals surface area (Å²) in [5.74, 6) is 1.81. The molecule has 2 N–H and O–H groups in total. The molecule has 2 aromatic rings. The highest BCUT2D eigenvalue weighted by Gasteiger charge is 2.21. The lowest BCUT2D eigenvalue weighted by Crippen LogP contribution is -2.37. The van der Waals surface area contributed by atoms with Crippen molar-refractivity contribution >= 4 is 15.9 Å². The summed E-state index contributed by atoms with van der Waals surface area (Å²) in [6, 6.07) is 7.86. The number of rotatable bonds is 4. The van der Waals surface area contributed by atoms with Crippen molar-refractivity contribution in [2.45, 2.75) is 19.4 Å². The Balaban J connectivity index is 1.69. The van der Waals surface area contributed by atoms with E-state index in [1.165, 1.54) is 12.8 Å². The SMILES string of the molecule is NCC1CCCN(Cc2nnc(-c3ccccc3Br)o2)C1. The fraction of sp³-hybridized carbons (Fsp3) is 0.467. The van der Waals surface area contributed by atoms with Gasteiger partial charge >= 0.3 is 0 Å². The molecule has 0 aliphatic carbocycles. The van der Waals surface area contributed by atoms with Crippen molar-refractivity contribution in [3.8, 4) is 11.5 Å². The molecule has 0 saturated carbocycles. The van der Waals surface area contributed by atoms with Crippen LogP contribution in [0.4, 0.5) is 0 Å². The van der Waals surface area contributed by atoms with E-state index < -0.39 is 0 Å². The van der Waals surface area contributed by atoms with Crippen LogP contribution >= 0.6 is 15.9 Å². The highest BCUT2D eigenvalue weighted by molar-refractivity contribution is 9.10. The summed E-state index contributed by atoms with van der Waals surface area (Å²) in [5.41, 5.74) is 6.70. The minimum Gasteiger partial charge on any atom is -0.419 e. The molecule has 5 nitrogen and oxygen atoms in total. The van der Waals surface area contributed by atoms with Crippen LogP contribution in [0.5, 0.6) is 0 Å². The van der Waals surface area contributed by atoms with Crippen molar-refractivity contribution in [2.24, 2.45) is 11.7 Å². The normalized spacial score (nSPS) is 19.8. The first-order valence-corrected chi connectivity index (χ1v) is 8.05. The number of likely N-dealkylation sites (tertiary alicyclic amines) is 1. The number of aromatic nitrogens is 2. The third-order valence-electron chi connectivity index (χ3n) is 3.87. The number of piperidine rings is 1. The molecule has 2 heterocycles. The minimum absolute atomic E-state index is 0.560. The third kappa shape index (κ3) is 3.51. The number of nitrogens with two attached hydrogens (primary N) is 1. The summed E-state index contributed by atoms with van der Waals surface area (Å²) >= 11 is 3.51. The van der Waals surface area contributed by atoms with Gasteiger partial charge < -0.3 is 10.2 Å². The van der Waals surface area contributed by atoms with Gasteiger partial charge in [0.15, 0.2) is 0 Å². The molecule has 21 heavy (non-hydrogen) atoms. The minimum atomic E-state index is 0.560. The summed E-state index contributed by atoms with van der Waals surface area (Å²) in [6.45, 7) is 3.54. The highest BCUT2D eigenvalue weighted by Crippen LogP contribution is 2.27. The van der Waals surface area contributed by atoms with Gasteiger partial charge in [0, 0.05) is 11.0 Å². The Morgan fingerprint density at radius 3 is 3.00 bits per heavy atom. The number of hydrogen-bond donors (Lipinski definition) is 1. The first kappa shape index (κ1) is 14.7. The monoisotopic (exact) mass is 350 g/mol. The van der Waals surface area contributed by atoms with Gasteiger partial charge in [-0.15, -0.1) is 10.2 Å². The van der Waals surface area contributed by atoms with Crippen molar-refractivity contribution in [1.82, 2.24) is 15.1 Å². The Hall–Kier alpha value is -1.24. The van der Waals surface area contributed by atoms with Gasteiger partial charge in [0.2, 0.25) is 11.8 Å². The van der Waals surface area contributed by atoms with Crippen LogP contribution in [0.15, 0.2) is 33.2 Å². The van der Waals surface area contributed by atoms with Gasteiger partial charge in [-0.05, 0) is 59.9 Å². The molecule has 1 aromatic heterocycles. The van der Waals surface area contributed by atoms with Gasteiger partial charge in [-0.2, -0.15) is 0 Å². The Morgan fingerprint density at radius 2 is 2.19 bits per heavy atom. The van der Waals surface area contributed by atoms with Crippen LogP contribution in [-0.2, 0) is 6.54 Å². The molecule has 1 aliphatic rings. The van der Waals surface area contributed by atoms with Gasteiger partial charge in [0.05, 0.1) is 12.1 Å². The molecule has 6 heteroatoms. The molecule has 0 amide bonds. The van der Waals surface area contributed by atoms with E-state index in [9.17, 15) is 0 Å². The number of benzene rings is 1. The lowest BCUT2D eigenvalue weighted by atomic mass is 9.98. The van der Waals surface area contributed by atoms with Gasteiger partial charge in [-0.1, -0.05) is 12.1 Å². The lowest BCUT2D eigenvalue weighted by Gasteiger charge is -2.30. The Labute approximate surface area is 132 Å². The molecule has 112 valence electrons. The average molecular weight is 351 g/mol. The zero-order chi connectivity index (χ0) is 14.7. The molecule has 0 radical (unpaired) electrons. The molecule has 1 atom stereocenters. The van der Waals surface area contributed by atoms with Gasteiger partial charge in [-0.3, -0.25) is 4.90 Å². The van der Waals surface area contributed by atoms with Gasteiger partial charge in [0.1, 0.15) is 0 Å². The number of nitrogens with zero attached hydrogens (tertiary/aromatic N) is 3. The zero-order valence-corrected chi connectivity index (χ0v) is 13.4. The van der Waals surface area contributed by atoms with Crippen LogP contribution in [0.25, 0.3) is 11.5 Å². The van der Waals surface area contributed by atoms with E-state index >= 15 is 0 Å². The largest absolute Gasteiger partial charge is 0.419 e.